The SMILES string of the molecule is O=C(CN1C(=O)c2ccccc2S1(=O)=O)OCC(=O)N1CCc2sccc2C1. The van der Waals surface area contributed by atoms with Crippen molar-refractivity contribution in [2.45, 2.75) is 17.9 Å². The van der Waals surface area contributed by atoms with Crippen LogP contribution in [-0.2, 0) is 37.3 Å². The van der Waals surface area contributed by atoms with Crippen molar-refractivity contribution in [1.82, 2.24) is 9.21 Å². The molecular formula is C18H16N2O6S2. The molecule has 4 rings (SSSR count). The Labute approximate surface area is 165 Å². The van der Waals surface area contributed by atoms with E-state index < -0.39 is 35.1 Å². The van der Waals surface area contributed by atoms with Crippen molar-refractivity contribution in [3.8, 4) is 0 Å². The highest BCUT2D eigenvalue weighted by Crippen LogP contribution is 2.29. The maximum absolute atomic E-state index is 12.4. The molecule has 2 amide bonds. The maximum atomic E-state index is 12.4. The summed E-state index contributed by atoms with van der Waals surface area (Å²) in [7, 11) is -4.09. The summed E-state index contributed by atoms with van der Waals surface area (Å²) in [5, 5.41) is 1.98. The van der Waals surface area contributed by atoms with Gasteiger partial charge in [-0.1, -0.05) is 12.1 Å². The fourth-order valence-electron chi connectivity index (χ4n) is 3.25. The van der Waals surface area contributed by atoms with E-state index in [1.54, 1.807) is 22.3 Å². The Kier molecular flexibility index (Phi) is 4.68. The van der Waals surface area contributed by atoms with Gasteiger partial charge in [-0.05, 0) is 35.6 Å². The van der Waals surface area contributed by atoms with Gasteiger partial charge in [0, 0.05) is 18.0 Å². The lowest BCUT2D eigenvalue weighted by atomic mass is 10.1. The largest absolute Gasteiger partial charge is 0.454 e. The second kappa shape index (κ2) is 7.02. The average molecular weight is 420 g/mol. The highest BCUT2D eigenvalue weighted by molar-refractivity contribution is 7.90. The van der Waals surface area contributed by atoms with Crippen LogP contribution in [0.15, 0.2) is 40.6 Å². The molecule has 1 aromatic carbocycles. The van der Waals surface area contributed by atoms with E-state index in [0.29, 0.717) is 17.4 Å². The van der Waals surface area contributed by atoms with Crippen LogP contribution >= 0.6 is 11.3 Å². The number of thiophene rings is 1. The third-order valence-corrected chi connectivity index (χ3v) is 7.51. The van der Waals surface area contributed by atoms with Crippen molar-refractivity contribution in [2.75, 3.05) is 19.7 Å². The van der Waals surface area contributed by atoms with Crippen LogP contribution in [0.3, 0.4) is 0 Å². The lowest BCUT2D eigenvalue weighted by Crippen LogP contribution is -2.40. The van der Waals surface area contributed by atoms with Gasteiger partial charge in [0.1, 0.15) is 11.4 Å². The van der Waals surface area contributed by atoms with E-state index in [1.165, 1.54) is 23.1 Å². The molecule has 3 heterocycles. The highest BCUT2D eigenvalue weighted by Gasteiger charge is 2.42. The number of carbonyl (C=O) groups excluding carboxylic acids is 3. The van der Waals surface area contributed by atoms with Gasteiger partial charge in [-0.3, -0.25) is 14.4 Å². The summed E-state index contributed by atoms with van der Waals surface area (Å²) in [5.41, 5.74) is 1.11. The predicted molar refractivity (Wildman–Crippen MR) is 99.1 cm³/mol. The molecule has 28 heavy (non-hydrogen) atoms. The zero-order valence-electron chi connectivity index (χ0n) is 14.7. The molecule has 0 atom stereocenters. The number of amides is 2. The van der Waals surface area contributed by atoms with Crippen LogP contribution in [0.4, 0.5) is 0 Å². The minimum atomic E-state index is -4.09. The van der Waals surface area contributed by atoms with Gasteiger partial charge in [0.2, 0.25) is 0 Å². The molecule has 0 aliphatic carbocycles. The van der Waals surface area contributed by atoms with Crippen LogP contribution in [0.2, 0.25) is 0 Å². The van der Waals surface area contributed by atoms with Crippen molar-refractivity contribution in [2.24, 2.45) is 0 Å². The summed E-state index contributed by atoms with van der Waals surface area (Å²) >= 11 is 1.65. The fourth-order valence-corrected chi connectivity index (χ4v) is 5.65. The van der Waals surface area contributed by atoms with Crippen LogP contribution in [-0.4, -0.2) is 55.1 Å². The van der Waals surface area contributed by atoms with Gasteiger partial charge in [-0.2, -0.15) is 0 Å². The van der Waals surface area contributed by atoms with Gasteiger partial charge in [0.15, 0.2) is 6.61 Å². The van der Waals surface area contributed by atoms with Crippen LogP contribution in [0.1, 0.15) is 20.8 Å². The quantitative estimate of drug-likeness (QED) is 0.685. The van der Waals surface area contributed by atoms with Gasteiger partial charge in [-0.15, -0.1) is 11.3 Å². The minimum Gasteiger partial charge on any atom is -0.454 e. The topological polar surface area (TPSA) is 101 Å². The molecule has 0 N–H and O–H groups in total. The Hall–Kier alpha value is -2.72. The number of rotatable bonds is 4. The molecule has 2 aliphatic heterocycles. The molecule has 0 bridgehead atoms. The lowest BCUT2D eigenvalue weighted by Gasteiger charge is -2.26. The first-order chi connectivity index (χ1) is 13.4. The van der Waals surface area contributed by atoms with Crippen molar-refractivity contribution in [3.63, 3.8) is 0 Å². The van der Waals surface area contributed by atoms with Gasteiger partial charge in [0.05, 0.1) is 5.56 Å². The van der Waals surface area contributed by atoms with Gasteiger partial charge in [0.25, 0.3) is 21.8 Å². The average Bonchev–Trinajstić information content (AvgIpc) is 3.23. The first-order valence-electron chi connectivity index (χ1n) is 8.52. The number of fused-ring (bicyclic) bond motifs is 2. The Morgan fingerprint density at radius 2 is 1.96 bits per heavy atom. The smallest absolute Gasteiger partial charge is 0.327 e. The first-order valence-corrected chi connectivity index (χ1v) is 10.8. The molecule has 2 aromatic rings. The highest BCUT2D eigenvalue weighted by atomic mass is 32.2. The molecule has 0 unspecified atom stereocenters. The molecule has 0 radical (unpaired) electrons. The molecule has 0 saturated carbocycles. The van der Waals surface area contributed by atoms with E-state index in [4.69, 9.17) is 4.74 Å². The van der Waals surface area contributed by atoms with E-state index in [9.17, 15) is 22.8 Å². The Balaban J connectivity index is 1.35. The third-order valence-electron chi connectivity index (χ3n) is 4.70. The summed E-state index contributed by atoms with van der Waals surface area (Å²) < 4.78 is 30.3. The second-order valence-corrected chi connectivity index (χ2v) is 9.24. The van der Waals surface area contributed by atoms with Gasteiger partial charge < -0.3 is 9.64 Å². The summed E-state index contributed by atoms with van der Waals surface area (Å²) in [6, 6.07) is 7.71. The van der Waals surface area contributed by atoms with E-state index in [1.807, 2.05) is 11.4 Å². The first kappa shape index (κ1) is 18.6. The normalized spacial score (nSPS) is 17.2. The number of esters is 1. The van der Waals surface area contributed by atoms with Crippen molar-refractivity contribution < 1.29 is 27.5 Å². The summed E-state index contributed by atoms with van der Waals surface area (Å²) in [4.78, 5) is 39.4. The summed E-state index contributed by atoms with van der Waals surface area (Å²) in [6.45, 7) is -0.257. The van der Waals surface area contributed by atoms with Crippen LogP contribution in [0.25, 0.3) is 0 Å². The third kappa shape index (κ3) is 3.18. The number of sulfonamides is 1. The van der Waals surface area contributed by atoms with Crippen LogP contribution in [0.5, 0.6) is 0 Å². The van der Waals surface area contributed by atoms with E-state index >= 15 is 0 Å². The Morgan fingerprint density at radius 1 is 1.18 bits per heavy atom. The number of carbonyl (C=O) groups is 3. The summed E-state index contributed by atoms with van der Waals surface area (Å²) in [5.74, 6) is -2.09. The number of benzene rings is 1. The molecule has 0 spiro atoms. The number of nitrogens with zero attached hydrogens (tertiary/aromatic N) is 2. The molecule has 1 aromatic heterocycles. The molecular weight excluding hydrogens is 404 g/mol. The second-order valence-electron chi connectivity index (χ2n) is 6.41. The number of ether oxygens (including phenoxy) is 1. The zero-order chi connectivity index (χ0) is 19.9. The molecule has 10 heteroatoms. The van der Waals surface area contributed by atoms with Crippen LogP contribution < -0.4 is 0 Å². The minimum absolute atomic E-state index is 0.0197. The number of hydrogen-bond donors (Lipinski definition) is 0. The zero-order valence-corrected chi connectivity index (χ0v) is 16.3. The molecule has 0 saturated heterocycles. The monoisotopic (exact) mass is 420 g/mol. The van der Waals surface area contributed by atoms with Crippen molar-refractivity contribution >= 4 is 39.1 Å². The molecule has 146 valence electrons. The molecule has 8 nitrogen and oxygen atoms in total. The predicted octanol–water partition coefficient (Wildman–Crippen LogP) is 1.02. The molecule has 2 aliphatic rings. The maximum Gasteiger partial charge on any atom is 0.327 e. The molecule has 0 fully saturated rings. The van der Waals surface area contributed by atoms with E-state index in [-0.39, 0.29) is 16.4 Å². The fraction of sp³-hybridized carbons (Fsp3) is 0.278. The van der Waals surface area contributed by atoms with Crippen molar-refractivity contribution in [3.05, 3.63) is 51.7 Å². The van der Waals surface area contributed by atoms with E-state index in [0.717, 1.165) is 12.0 Å². The number of hydrogen-bond acceptors (Lipinski definition) is 7. The summed E-state index contributed by atoms with van der Waals surface area (Å²) in [6.07, 6.45) is 0.755. The standard InChI is InChI=1S/C18H16N2O6S2/c21-16(19-7-5-14-12(9-19)6-8-27-14)11-26-17(22)10-20-18(23)13-3-1-2-4-15(13)28(20,24)25/h1-4,6,8H,5,7,9-11H2. The lowest BCUT2D eigenvalue weighted by molar-refractivity contribution is -0.152. The van der Waals surface area contributed by atoms with E-state index in [2.05, 4.69) is 0 Å². The van der Waals surface area contributed by atoms with Gasteiger partial charge in [-0.25, -0.2) is 12.7 Å². The van der Waals surface area contributed by atoms with Crippen molar-refractivity contribution in [1.29, 1.82) is 0 Å². The Bertz CT molecular complexity index is 1080. The van der Waals surface area contributed by atoms with Gasteiger partial charge >= 0.3 is 5.97 Å². The Morgan fingerprint density at radius 3 is 2.75 bits per heavy atom. The van der Waals surface area contributed by atoms with Crippen LogP contribution in [0, 0.1) is 0 Å².